The number of nitrogens with zero attached hydrogens (tertiary/aromatic N) is 6. The maximum atomic E-state index is 12.8. The molecule has 0 saturated carbocycles. The summed E-state index contributed by atoms with van der Waals surface area (Å²) in [5, 5.41) is 10.5. The van der Waals surface area contributed by atoms with E-state index in [1.54, 1.807) is 9.80 Å². The Balaban J connectivity index is 0.00000353. The second kappa shape index (κ2) is 12.2. The number of imidazole rings is 1. The van der Waals surface area contributed by atoms with Gasteiger partial charge in [-0.25, -0.2) is 14.6 Å². The zero-order chi connectivity index (χ0) is 28.5. The molecule has 11 heteroatoms. The number of benzene rings is 2. The molecule has 4 heterocycles. The number of primary amides is 1. The van der Waals surface area contributed by atoms with Gasteiger partial charge in [-0.1, -0.05) is 42.5 Å². The highest BCUT2D eigenvalue weighted by molar-refractivity contribution is 5.87. The van der Waals surface area contributed by atoms with Crippen LogP contribution in [0.1, 0.15) is 41.0 Å². The van der Waals surface area contributed by atoms with Gasteiger partial charge in [0.1, 0.15) is 18.5 Å². The fourth-order valence-corrected chi connectivity index (χ4v) is 6.30. The number of piperidine rings is 1. The quantitative estimate of drug-likeness (QED) is 0.366. The number of urea groups is 1. The number of halogens is 1. The number of ether oxygens (including phenoxy) is 1. The normalized spacial score (nSPS) is 15.9. The maximum Gasteiger partial charge on any atom is 0.410 e. The molecule has 0 bridgehead atoms. The number of rotatable bonds is 4. The predicted molar refractivity (Wildman–Crippen MR) is 163 cm³/mol. The van der Waals surface area contributed by atoms with Crippen LogP contribution in [0.3, 0.4) is 0 Å². The molecule has 2 aromatic carbocycles. The molecule has 3 amide bonds. The van der Waals surface area contributed by atoms with E-state index >= 15 is 0 Å². The minimum atomic E-state index is -0.408. The Morgan fingerprint density at radius 3 is 2.31 bits per heavy atom. The lowest BCUT2D eigenvalue weighted by atomic mass is 9.84. The number of carbonyl (C=O) groups is 2. The number of hydrogen-bond acceptors (Lipinski definition) is 6. The van der Waals surface area contributed by atoms with E-state index < -0.39 is 6.03 Å². The van der Waals surface area contributed by atoms with Crippen LogP contribution in [0.25, 0.3) is 16.7 Å². The van der Waals surface area contributed by atoms with Crippen molar-refractivity contribution in [3.63, 3.8) is 0 Å². The molecule has 4 aromatic rings. The average Bonchev–Trinajstić information content (AvgIpc) is 3.39. The van der Waals surface area contributed by atoms with E-state index in [0.717, 1.165) is 46.4 Å². The molecule has 10 nitrogen and oxygen atoms in total. The lowest BCUT2D eigenvalue weighted by Gasteiger charge is -2.38. The average molecular weight is 588 g/mol. The largest absolute Gasteiger partial charge is 0.445 e. The fourth-order valence-electron chi connectivity index (χ4n) is 6.30. The lowest BCUT2D eigenvalue weighted by molar-refractivity contribution is 0.0870. The first-order chi connectivity index (χ1) is 20.0. The van der Waals surface area contributed by atoms with Gasteiger partial charge in [0.25, 0.3) is 0 Å². The molecular formula is C31H34ClN7O3. The molecule has 2 N–H and O–H groups in total. The Labute approximate surface area is 250 Å². The maximum absolute atomic E-state index is 12.8. The summed E-state index contributed by atoms with van der Waals surface area (Å²) < 4.78 is 7.67. The van der Waals surface area contributed by atoms with E-state index in [1.165, 1.54) is 0 Å². The van der Waals surface area contributed by atoms with Gasteiger partial charge in [0.2, 0.25) is 0 Å². The van der Waals surface area contributed by atoms with Crippen LogP contribution >= 0.6 is 12.4 Å². The van der Waals surface area contributed by atoms with Crippen LogP contribution in [0.15, 0.2) is 54.6 Å². The van der Waals surface area contributed by atoms with Crippen LogP contribution in [0.2, 0.25) is 0 Å². The van der Waals surface area contributed by atoms with Crippen LogP contribution in [0, 0.1) is 18.3 Å². The van der Waals surface area contributed by atoms with Crippen molar-refractivity contribution in [2.24, 2.45) is 5.73 Å². The zero-order valence-electron chi connectivity index (χ0n) is 23.5. The number of likely N-dealkylation sites (tertiary alicyclic amines) is 1. The van der Waals surface area contributed by atoms with Gasteiger partial charge in [-0.05, 0) is 54.5 Å². The van der Waals surface area contributed by atoms with Crippen molar-refractivity contribution in [2.75, 3.05) is 44.2 Å². The van der Waals surface area contributed by atoms with E-state index in [2.05, 4.69) is 22.3 Å². The summed E-state index contributed by atoms with van der Waals surface area (Å²) in [7, 11) is 0. The van der Waals surface area contributed by atoms with Crippen LogP contribution in [-0.2, 0) is 11.3 Å². The number of para-hydroxylation sites is 2. The van der Waals surface area contributed by atoms with Crippen molar-refractivity contribution in [2.45, 2.75) is 32.3 Å². The molecule has 0 spiro atoms. The molecule has 0 atom stereocenters. The third kappa shape index (κ3) is 5.28. The molecular weight excluding hydrogens is 554 g/mol. The number of nitrogens with two attached hydrogens (primary N) is 1. The predicted octanol–water partition coefficient (Wildman–Crippen LogP) is 4.81. The molecule has 2 aromatic heterocycles. The second-order valence-electron chi connectivity index (χ2n) is 10.7. The first kappa shape index (κ1) is 29.0. The number of carbonyl (C=O) groups excluding carboxylic acids is 2. The number of aromatic nitrogens is 2. The van der Waals surface area contributed by atoms with Crippen molar-refractivity contribution < 1.29 is 14.3 Å². The Kier molecular flexibility index (Phi) is 8.41. The zero-order valence-corrected chi connectivity index (χ0v) is 24.3. The smallest absolute Gasteiger partial charge is 0.410 e. The summed E-state index contributed by atoms with van der Waals surface area (Å²) in [6.07, 6.45) is 1.13. The Morgan fingerprint density at radius 2 is 1.64 bits per heavy atom. The fraction of sp³-hybridized carbons (Fsp3) is 0.355. The van der Waals surface area contributed by atoms with Crippen molar-refractivity contribution in [3.05, 3.63) is 76.9 Å². The number of pyridine rings is 1. The van der Waals surface area contributed by atoms with Gasteiger partial charge in [0, 0.05) is 39.3 Å². The second-order valence-corrected chi connectivity index (χ2v) is 10.7. The summed E-state index contributed by atoms with van der Waals surface area (Å²) in [6, 6.07) is 19.7. The highest BCUT2D eigenvalue weighted by Gasteiger charge is 2.32. The van der Waals surface area contributed by atoms with Crippen molar-refractivity contribution in [1.29, 1.82) is 5.26 Å². The molecule has 2 aliphatic heterocycles. The van der Waals surface area contributed by atoms with Crippen LogP contribution < -0.4 is 10.6 Å². The molecule has 2 saturated heterocycles. The third-order valence-corrected chi connectivity index (χ3v) is 8.37. The van der Waals surface area contributed by atoms with E-state index in [1.807, 2.05) is 54.6 Å². The Hall–Kier alpha value is -4.49. The van der Waals surface area contributed by atoms with E-state index in [4.69, 9.17) is 15.5 Å². The topological polar surface area (TPSA) is 120 Å². The molecule has 218 valence electrons. The Morgan fingerprint density at radius 1 is 0.976 bits per heavy atom. The first-order valence-electron chi connectivity index (χ1n) is 14.0. The van der Waals surface area contributed by atoms with Crippen molar-refractivity contribution >= 4 is 47.0 Å². The van der Waals surface area contributed by atoms with Crippen molar-refractivity contribution in [1.82, 2.24) is 19.2 Å². The minimum Gasteiger partial charge on any atom is -0.445 e. The number of piperazine rings is 1. The number of hydrogen-bond donors (Lipinski definition) is 1. The number of nitriles is 1. The van der Waals surface area contributed by atoms with Crippen LogP contribution in [0.4, 0.5) is 15.4 Å². The van der Waals surface area contributed by atoms with Gasteiger partial charge in [0.15, 0.2) is 5.65 Å². The number of fused-ring (bicyclic) bond motifs is 3. The van der Waals surface area contributed by atoms with Crippen molar-refractivity contribution in [3.8, 4) is 6.07 Å². The van der Waals surface area contributed by atoms with Gasteiger partial charge in [-0.3, -0.25) is 4.40 Å². The summed E-state index contributed by atoms with van der Waals surface area (Å²) in [4.78, 5) is 35.2. The van der Waals surface area contributed by atoms with Gasteiger partial charge < -0.3 is 25.2 Å². The standard InChI is InChI=1S/C31H33N7O3.ClH/c1-21-27(23-11-13-37(14-12-23)31(40)41-20-22-7-3-2-4-8-22)24(19-32)28-34-25-9-5-6-10-26(25)38(28)29(21)35-15-17-36(18-16-35)30(33)39;/h2-10,23H,11-18,20H2,1H3,(H2,33,39);1H. The summed E-state index contributed by atoms with van der Waals surface area (Å²) in [5.74, 6) is 1.09. The molecule has 0 aliphatic carbocycles. The van der Waals surface area contributed by atoms with E-state index in [-0.39, 0.29) is 31.0 Å². The third-order valence-electron chi connectivity index (χ3n) is 8.37. The first-order valence-corrected chi connectivity index (χ1v) is 14.0. The van der Waals surface area contributed by atoms with E-state index in [9.17, 15) is 14.9 Å². The van der Waals surface area contributed by atoms with Crippen LogP contribution in [-0.4, -0.2) is 70.6 Å². The molecule has 6 rings (SSSR count). The highest BCUT2D eigenvalue weighted by atomic mass is 35.5. The van der Waals surface area contributed by atoms with E-state index in [0.29, 0.717) is 50.5 Å². The molecule has 2 aliphatic rings. The number of anilines is 1. The van der Waals surface area contributed by atoms with Gasteiger partial charge in [-0.15, -0.1) is 12.4 Å². The SMILES string of the molecule is Cc1c(C2CCN(C(=O)OCc3ccccc3)CC2)c(C#N)c2nc3ccccc3n2c1N1CCN(C(N)=O)CC1.Cl. The summed E-state index contributed by atoms with van der Waals surface area (Å²) in [6.45, 7) is 5.75. The monoisotopic (exact) mass is 587 g/mol. The molecule has 0 unspecified atom stereocenters. The Bertz CT molecular complexity index is 1650. The van der Waals surface area contributed by atoms with Gasteiger partial charge in [-0.2, -0.15) is 5.26 Å². The molecule has 42 heavy (non-hydrogen) atoms. The summed E-state index contributed by atoms with van der Waals surface area (Å²) >= 11 is 0. The summed E-state index contributed by atoms with van der Waals surface area (Å²) in [5.41, 5.74) is 11.5. The highest BCUT2D eigenvalue weighted by Crippen LogP contribution is 2.40. The van der Waals surface area contributed by atoms with Gasteiger partial charge in [0.05, 0.1) is 16.6 Å². The van der Waals surface area contributed by atoms with Gasteiger partial charge >= 0.3 is 12.1 Å². The van der Waals surface area contributed by atoms with Crippen LogP contribution in [0.5, 0.6) is 0 Å². The molecule has 2 fully saturated rings. The minimum absolute atomic E-state index is 0. The number of amides is 3. The lowest BCUT2D eigenvalue weighted by Crippen LogP contribution is -2.51. The molecule has 0 radical (unpaired) electrons.